The van der Waals surface area contributed by atoms with Crippen LogP contribution in [0, 0.1) is 10.8 Å². The number of esters is 2. The highest BCUT2D eigenvalue weighted by Gasteiger charge is 2.81. The molecule has 51 heavy (non-hydrogen) atoms. The number of unbranched alkanes of at least 4 members (excludes halogenated alkanes) is 10. The molecular formula is C40H64O11. The maximum absolute atomic E-state index is 12.7. The van der Waals surface area contributed by atoms with Gasteiger partial charge in [-0.15, -0.1) is 0 Å². The number of hydrogen-bond acceptors (Lipinski definition) is 9. The summed E-state index contributed by atoms with van der Waals surface area (Å²) in [6.45, 7) is 5.23. The first-order chi connectivity index (χ1) is 24.6. The second kappa shape index (κ2) is 17.7. The van der Waals surface area contributed by atoms with Crippen molar-refractivity contribution in [3.8, 4) is 0 Å². The molecule has 0 aromatic carbocycles. The van der Waals surface area contributed by atoms with Gasteiger partial charge in [0, 0.05) is 0 Å². The minimum absolute atomic E-state index is 0.0770. The van der Waals surface area contributed by atoms with Crippen LogP contribution >= 0.6 is 0 Å². The lowest BCUT2D eigenvalue weighted by Crippen LogP contribution is -2.44. The molecule has 8 atom stereocenters. The van der Waals surface area contributed by atoms with E-state index < -0.39 is 34.0 Å². The van der Waals surface area contributed by atoms with Gasteiger partial charge in [-0.25, -0.2) is 9.59 Å². The Bertz CT molecular complexity index is 1120. The highest BCUT2D eigenvalue weighted by molar-refractivity contribution is 5.98. The van der Waals surface area contributed by atoms with E-state index in [9.17, 15) is 29.4 Å². The summed E-state index contributed by atoms with van der Waals surface area (Å²) in [5.74, 6) is -2.30. The molecule has 0 spiro atoms. The van der Waals surface area contributed by atoms with Gasteiger partial charge < -0.3 is 33.9 Å². The highest BCUT2D eigenvalue weighted by Crippen LogP contribution is 2.59. The summed E-state index contributed by atoms with van der Waals surface area (Å²) < 4.78 is 27.8. The normalized spacial score (nSPS) is 35.5. The number of carboxylic acids is 2. The first-order valence-electron chi connectivity index (χ1n) is 20.4. The molecule has 6 aliphatic rings. The summed E-state index contributed by atoms with van der Waals surface area (Å²) in [5, 5.41) is 19.4. The zero-order chi connectivity index (χ0) is 36.5. The number of aliphatic carboxylic acids is 2. The largest absolute Gasteiger partial charge is 0.481 e. The maximum Gasteiger partial charge on any atom is 0.342 e. The Labute approximate surface area is 304 Å². The van der Waals surface area contributed by atoms with Crippen LogP contribution in [0.25, 0.3) is 0 Å². The molecule has 0 amide bonds. The first kappa shape index (κ1) is 40.0. The molecule has 3 saturated heterocycles. The Kier molecular flexibility index (Phi) is 13.9. The number of epoxide rings is 3. The second-order valence-electron chi connectivity index (χ2n) is 16.4. The summed E-state index contributed by atoms with van der Waals surface area (Å²) in [5.41, 5.74) is -3.76. The molecule has 3 heterocycles. The van der Waals surface area contributed by atoms with Crippen molar-refractivity contribution < 1.29 is 53.1 Å². The van der Waals surface area contributed by atoms with Gasteiger partial charge in [0.25, 0.3) is 0 Å². The van der Waals surface area contributed by atoms with Gasteiger partial charge in [0.15, 0.2) is 0 Å². The minimum atomic E-state index is -1.08. The summed E-state index contributed by atoms with van der Waals surface area (Å²) in [6.07, 6.45) is 22.0. The lowest BCUT2D eigenvalue weighted by Gasteiger charge is -2.37. The van der Waals surface area contributed by atoms with Gasteiger partial charge in [0.2, 0.25) is 11.2 Å². The van der Waals surface area contributed by atoms with E-state index in [1.165, 1.54) is 51.4 Å². The van der Waals surface area contributed by atoms with Gasteiger partial charge in [-0.2, -0.15) is 0 Å². The van der Waals surface area contributed by atoms with Crippen LogP contribution in [-0.4, -0.2) is 82.9 Å². The van der Waals surface area contributed by atoms with E-state index in [0.29, 0.717) is 64.6 Å². The number of rotatable bonds is 21. The summed E-state index contributed by atoms with van der Waals surface area (Å²) in [7, 11) is 0. The quantitative estimate of drug-likeness (QED) is 0.0679. The molecule has 0 radical (unpaired) electrons. The molecule has 11 nitrogen and oxygen atoms in total. The van der Waals surface area contributed by atoms with Gasteiger partial charge >= 0.3 is 23.9 Å². The van der Waals surface area contributed by atoms with Crippen LogP contribution in [0.5, 0.6) is 0 Å². The van der Waals surface area contributed by atoms with Gasteiger partial charge in [0.1, 0.15) is 0 Å². The van der Waals surface area contributed by atoms with Crippen LogP contribution < -0.4 is 0 Å². The average Bonchev–Trinajstić information content (AvgIpc) is 4.04. The predicted molar refractivity (Wildman–Crippen MR) is 188 cm³/mol. The Balaban J connectivity index is 0.000000204. The monoisotopic (exact) mass is 720 g/mol. The van der Waals surface area contributed by atoms with Crippen molar-refractivity contribution in [3.63, 3.8) is 0 Å². The lowest BCUT2D eigenvalue weighted by molar-refractivity contribution is -0.156. The second-order valence-corrected chi connectivity index (χ2v) is 16.4. The number of carboxylic acid groups (broad SMARTS) is 2. The SMILES string of the molecule is CCCCCCCCOC(=O)C12CCCCC1(C(=O)OCCCCCCCC)O2.O=C(O)C1(CCC2(C(=O)O)CCC3OC3C2)CCC2OC2C1. The third-order valence-corrected chi connectivity index (χ3v) is 12.8. The summed E-state index contributed by atoms with van der Waals surface area (Å²) >= 11 is 0. The van der Waals surface area contributed by atoms with Crippen molar-refractivity contribution in [1.29, 1.82) is 0 Å². The van der Waals surface area contributed by atoms with E-state index in [4.69, 9.17) is 23.7 Å². The molecule has 11 heteroatoms. The minimum Gasteiger partial charge on any atom is -0.481 e. The van der Waals surface area contributed by atoms with Crippen LogP contribution in [-0.2, 0) is 42.9 Å². The summed E-state index contributed by atoms with van der Waals surface area (Å²) in [4.78, 5) is 49.1. The van der Waals surface area contributed by atoms with Crippen LogP contribution in [0.2, 0.25) is 0 Å². The molecule has 3 aliphatic carbocycles. The van der Waals surface area contributed by atoms with Gasteiger partial charge in [-0.1, -0.05) is 78.1 Å². The third kappa shape index (κ3) is 9.47. The van der Waals surface area contributed by atoms with Crippen LogP contribution in [0.3, 0.4) is 0 Å². The number of fused-ring (bicyclic) bond motifs is 3. The topological polar surface area (TPSA) is 165 Å². The van der Waals surface area contributed by atoms with Crippen molar-refractivity contribution in [2.45, 2.75) is 204 Å². The fraction of sp³-hybridized carbons (Fsp3) is 0.900. The van der Waals surface area contributed by atoms with Crippen LogP contribution in [0.4, 0.5) is 0 Å². The fourth-order valence-electron chi connectivity index (χ4n) is 9.04. The lowest BCUT2D eigenvalue weighted by atomic mass is 9.64. The van der Waals surface area contributed by atoms with Crippen molar-refractivity contribution in [2.24, 2.45) is 10.8 Å². The average molecular weight is 721 g/mol. The van der Waals surface area contributed by atoms with E-state index in [1.807, 2.05) is 0 Å². The molecule has 6 rings (SSSR count). The molecule has 0 aromatic heterocycles. The standard InChI is InChI=1S/C24H42O5.C16H22O6/c1-3-5-7-9-11-15-19-27-21(25)23-17-13-14-18-24(23,29-23)22(26)28-20-16-12-10-8-6-4-2;17-13(18)15(3-1-9-11(7-15)21-9)5-6-16(14(19)20)4-2-10-12(8-16)22-10/h3-20H2,1-2H3;9-12H,1-8H2,(H,17,18)(H,19,20). The highest BCUT2D eigenvalue weighted by atomic mass is 16.7. The van der Waals surface area contributed by atoms with E-state index in [0.717, 1.165) is 51.4 Å². The van der Waals surface area contributed by atoms with E-state index >= 15 is 0 Å². The number of ether oxygens (including phenoxy) is 5. The molecule has 290 valence electrons. The van der Waals surface area contributed by atoms with Crippen molar-refractivity contribution in [3.05, 3.63) is 0 Å². The Morgan fingerprint density at radius 2 is 0.961 bits per heavy atom. The third-order valence-electron chi connectivity index (χ3n) is 12.8. The van der Waals surface area contributed by atoms with Crippen molar-refractivity contribution >= 4 is 23.9 Å². The van der Waals surface area contributed by atoms with Gasteiger partial charge in [-0.05, 0) is 89.9 Å². The van der Waals surface area contributed by atoms with E-state index in [2.05, 4.69) is 13.8 Å². The van der Waals surface area contributed by atoms with Gasteiger partial charge in [-0.3, -0.25) is 9.59 Å². The van der Waals surface area contributed by atoms with E-state index in [-0.39, 0.29) is 36.4 Å². The Morgan fingerprint density at radius 1 is 0.569 bits per heavy atom. The molecule has 0 aromatic rings. The van der Waals surface area contributed by atoms with Crippen LogP contribution in [0.15, 0.2) is 0 Å². The molecule has 2 N–H and O–H groups in total. The number of carbonyl (C=O) groups is 4. The van der Waals surface area contributed by atoms with Crippen LogP contribution in [0.1, 0.15) is 168 Å². The summed E-state index contributed by atoms with van der Waals surface area (Å²) in [6, 6.07) is 0. The van der Waals surface area contributed by atoms with E-state index in [1.54, 1.807) is 0 Å². The van der Waals surface area contributed by atoms with Gasteiger partial charge in [0.05, 0.1) is 48.5 Å². The molecule has 8 unspecified atom stereocenters. The number of hydrogen-bond donors (Lipinski definition) is 2. The molecule has 3 aliphatic heterocycles. The smallest absolute Gasteiger partial charge is 0.342 e. The van der Waals surface area contributed by atoms with Crippen molar-refractivity contribution in [2.75, 3.05) is 13.2 Å². The number of carbonyl (C=O) groups excluding carboxylic acids is 2. The predicted octanol–water partition coefficient (Wildman–Crippen LogP) is 7.69. The Morgan fingerprint density at radius 3 is 1.33 bits per heavy atom. The first-order valence-corrected chi connectivity index (χ1v) is 20.4. The zero-order valence-corrected chi connectivity index (χ0v) is 31.3. The molecule has 0 bridgehead atoms. The maximum atomic E-state index is 12.7. The fourth-order valence-corrected chi connectivity index (χ4v) is 9.04. The zero-order valence-electron chi connectivity index (χ0n) is 31.3. The molecular weight excluding hydrogens is 656 g/mol. The molecule has 3 saturated carbocycles. The van der Waals surface area contributed by atoms with Crippen molar-refractivity contribution in [1.82, 2.24) is 0 Å². The Hall–Kier alpha value is -2.24. The molecule has 6 fully saturated rings.